The van der Waals surface area contributed by atoms with Gasteiger partial charge in [-0.25, -0.2) is 0 Å². The van der Waals surface area contributed by atoms with E-state index in [1.807, 2.05) is 48.5 Å². The molecule has 0 aliphatic heterocycles. The Hall–Kier alpha value is -3.15. The Labute approximate surface area is 151 Å². The molecule has 0 fully saturated rings. The first-order valence-corrected chi connectivity index (χ1v) is 8.44. The molecule has 2 aromatic carbocycles. The number of fused-ring (bicyclic) bond motifs is 3. The maximum atomic E-state index is 12.5. The van der Waals surface area contributed by atoms with Gasteiger partial charge in [-0.05, 0) is 29.2 Å². The van der Waals surface area contributed by atoms with Crippen LogP contribution in [0.1, 0.15) is 30.4 Å². The predicted octanol–water partition coefficient (Wildman–Crippen LogP) is 1.89. The number of hydrogen-bond donors (Lipinski definition) is 3. The zero-order chi connectivity index (χ0) is 18.7. The van der Waals surface area contributed by atoms with E-state index in [0.717, 1.165) is 22.3 Å². The van der Waals surface area contributed by atoms with E-state index in [4.69, 9.17) is 5.11 Å². The summed E-state index contributed by atoms with van der Waals surface area (Å²) in [5, 5.41) is 13.5. The molecule has 3 rings (SSSR count). The van der Waals surface area contributed by atoms with Gasteiger partial charge in [-0.3, -0.25) is 14.4 Å². The molecule has 0 radical (unpaired) electrons. The van der Waals surface area contributed by atoms with Gasteiger partial charge in [0.15, 0.2) is 0 Å². The van der Waals surface area contributed by atoms with Crippen LogP contribution in [0.25, 0.3) is 11.1 Å². The highest BCUT2D eigenvalue weighted by atomic mass is 16.4. The minimum Gasteiger partial charge on any atom is -0.480 e. The molecule has 0 aromatic heterocycles. The molecule has 134 valence electrons. The van der Waals surface area contributed by atoms with Gasteiger partial charge in [0.1, 0.15) is 12.6 Å². The molecule has 0 bridgehead atoms. The number of carbonyl (C=O) groups excluding carboxylic acids is 2. The summed E-state index contributed by atoms with van der Waals surface area (Å²) in [5.74, 6) is -1.96. The second-order valence-corrected chi connectivity index (χ2v) is 6.33. The number of benzene rings is 2. The zero-order valence-electron chi connectivity index (χ0n) is 14.4. The monoisotopic (exact) mass is 352 g/mol. The quantitative estimate of drug-likeness (QED) is 0.740. The number of rotatable bonds is 6. The standard InChI is InChI=1S/C20H20N2O4/c1-12(20(26)21-11-19(24)25)22-18(23)10-17-15-8-4-2-6-13(15)14-7-3-5-9-16(14)17/h2-9,12,17H,10-11H2,1H3,(H,21,26)(H,22,23)(H,24,25)/t12-/m0/s1. The lowest BCUT2D eigenvalue weighted by Crippen LogP contribution is -2.46. The van der Waals surface area contributed by atoms with Crippen molar-refractivity contribution in [1.29, 1.82) is 0 Å². The molecule has 26 heavy (non-hydrogen) atoms. The summed E-state index contributed by atoms with van der Waals surface area (Å²) in [4.78, 5) is 34.8. The first kappa shape index (κ1) is 17.7. The Morgan fingerprint density at radius 3 is 2.08 bits per heavy atom. The summed E-state index contributed by atoms with van der Waals surface area (Å²) < 4.78 is 0. The third-order valence-electron chi connectivity index (χ3n) is 4.54. The van der Waals surface area contributed by atoms with E-state index in [-0.39, 0.29) is 18.2 Å². The number of carboxylic acid groups (broad SMARTS) is 1. The lowest BCUT2D eigenvalue weighted by atomic mass is 9.93. The highest BCUT2D eigenvalue weighted by Gasteiger charge is 2.30. The van der Waals surface area contributed by atoms with Crippen molar-refractivity contribution in [1.82, 2.24) is 10.6 Å². The van der Waals surface area contributed by atoms with Crippen LogP contribution >= 0.6 is 0 Å². The van der Waals surface area contributed by atoms with Crippen LogP contribution in [0, 0.1) is 0 Å². The maximum absolute atomic E-state index is 12.5. The van der Waals surface area contributed by atoms with Gasteiger partial charge in [0.25, 0.3) is 0 Å². The van der Waals surface area contributed by atoms with Gasteiger partial charge in [0, 0.05) is 12.3 Å². The molecule has 2 amide bonds. The molecule has 1 atom stereocenters. The van der Waals surface area contributed by atoms with Crippen molar-refractivity contribution in [3.8, 4) is 11.1 Å². The summed E-state index contributed by atoms with van der Waals surface area (Å²) in [6.45, 7) is 1.06. The van der Waals surface area contributed by atoms with Gasteiger partial charge in [-0.1, -0.05) is 48.5 Å². The van der Waals surface area contributed by atoms with Crippen molar-refractivity contribution >= 4 is 17.8 Å². The summed E-state index contributed by atoms with van der Waals surface area (Å²) in [6, 6.07) is 15.2. The number of carboxylic acids is 1. The smallest absolute Gasteiger partial charge is 0.322 e. The zero-order valence-corrected chi connectivity index (χ0v) is 14.4. The van der Waals surface area contributed by atoms with E-state index in [2.05, 4.69) is 10.6 Å². The highest BCUT2D eigenvalue weighted by molar-refractivity contribution is 5.90. The average molecular weight is 352 g/mol. The van der Waals surface area contributed by atoms with E-state index in [1.165, 1.54) is 6.92 Å². The lowest BCUT2D eigenvalue weighted by molar-refractivity contribution is -0.138. The maximum Gasteiger partial charge on any atom is 0.322 e. The summed E-state index contributed by atoms with van der Waals surface area (Å²) >= 11 is 0. The fourth-order valence-corrected chi connectivity index (χ4v) is 3.35. The first-order chi connectivity index (χ1) is 12.5. The van der Waals surface area contributed by atoms with Crippen molar-refractivity contribution in [3.05, 3.63) is 59.7 Å². The summed E-state index contributed by atoms with van der Waals surface area (Å²) in [6.07, 6.45) is 0.227. The molecule has 6 heteroatoms. The second kappa shape index (κ2) is 7.39. The molecule has 0 spiro atoms. The van der Waals surface area contributed by atoms with E-state index in [0.29, 0.717) is 0 Å². The van der Waals surface area contributed by atoms with E-state index >= 15 is 0 Å². The van der Waals surface area contributed by atoms with Crippen molar-refractivity contribution in [2.45, 2.75) is 25.3 Å². The van der Waals surface area contributed by atoms with Crippen LogP contribution in [0.5, 0.6) is 0 Å². The van der Waals surface area contributed by atoms with Crippen molar-refractivity contribution < 1.29 is 19.5 Å². The molecular formula is C20H20N2O4. The van der Waals surface area contributed by atoms with Gasteiger partial charge in [-0.2, -0.15) is 0 Å². The molecule has 0 saturated heterocycles. The van der Waals surface area contributed by atoms with E-state index < -0.39 is 24.5 Å². The molecule has 1 aliphatic carbocycles. The van der Waals surface area contributed by atoms with Crippen molar-refractivity contribution in [2.24, 2.45) is 0 Å². The number of nitrogens with one attached hydrogen (secondary N) is 2. The fourth-order valence-electron chi connectivity index (χ4n) is 3.35. The number of carbonyl (C=O) groups is 3. The molecule has 3 N–H and O–H groups in total. The first-order valence-electron chi connectivity index (χ1n) is 8.44. The Morgan fingerprint density at radius 2 is 1.54 bits per heavy atom. The number of hydrogen-bond acceptors (Lipinski definition) is 3. The van der Waals surface area contributed by atoms with Crippen molar-refractivity contribution in [2.75, 3.05) is 6.54 Å². The third kappa shape index (κ3) is 3.59. The van der Waals surface area contributed by atoms with Gasteiger partial charge in [0.05, 0.1) is 0 Å². The third-order valence-corrected chi connectivity index (χ3v) is 4.54. The lowest BCUT2D eigenvalue weighted by Gasteiger charge is -2.17. The fraction of sp³-hybridized carbons (Fsp3) is 0.250. The van der Waals surface area contributed by atoms with Gasteiger partial charge < -0.3 is 15.7 Å². The summed E-state index contributed by atoms with van der Waals surface area (Å²) in [5.41, 5.74) is 4.47. The van der Waals surface area contributed by atoms with Gasteiger partial charge in [0.2, 0.25) is 11.8 Å². The Bertz CT molecular complexity index is 817. The van der Waals surface area contributed by atoms with Crippen LogP contribution in [0.4, 0.5) is 0 Å². The minimum atomic E-state index is -1.13. The van der Waals surface area contributed by atoms with Crippen LogP contribution in [0.15, 0.2) is 48.5 Å². The van der Waals surface area contributed by atoms with Crippen molar-refractivity contribution in [3.63, 3.8) is 0 Å². The number of amides is 2. The van der Waals surface area contributed by atoms with Crippen LogP contribution in [0.3, 0.4) is 0 Å². The van der Waals surface area contributed by atoms with Crippen LogP contribution < -0.4 is 10.6 Å². The molecule has 6 nitrogen and oxygen atoms in total. The Morgan fingerprint density at radius 1 is 1.00 bits per heavy atom. The minimum absolute atomic E-state index is 0.0586. The predicted molar refractivity (Wildman–Crippen MR) is 96.6 cm³/mol. The highest BCUT2D eigenvalue weighted by Crippen LogP contribution is 2.45. The average Bonchev–Trinajstić information content (AvgIpc) is 2.94. The molecule has 0 saturated carbocycles. The topological polar surface area (TPSA) is 95.5 Å². The van der Waals surface area contributed by atoms with E-state index in [9.17, 15) is 14.4 Å². The van der Waals surface area contributed by atoms with Gasteiger partial charge >= 0.3 is 5.97 Å². The molecular weight excluding hydrogens is 332 g/mol. The molecule has 0 unspecified atom stereocenters. The molecule has 2 aromatic rings. The Kier molecular flexibility index (Phi) is 5.02. The summed E-state index contributed by atoms with van der Waals surface area (Å²) in [7, 11) is 0. The molecule has 1 aliphatic rings. The normalized spacial score (nSPS) is 13.4. The van der Waals surface area contributed by atoms with Gasteiger partial charge in [-0.15, -0.1) is 0 Å². The second-order valence-electron chi connectivity index (χ2n) is 6.33. The Balaban J connectivity index is 1.70. The van der Waals surface area contributed by atoms with Crippen LogP contribution in [-0.2, 0) is 14.4 Å². The SMILES string of the molecule is C[C@H](NC(=O)CC1c2ccccc2-c2ccccc21)C(=O)NCC(=O)O. The molecule has 0 heterocycles. The largest absolute Gasteiger partial charge is 0.480 e. The number of aliphatic carboxylic acids is 1. The van der Waals surface area contributed by atoms with Crippen LogP contribution in [0.2, 0.25) is 0 Å². The van der Waals surface area contributed by atoms with E-state index in [1.54, 1.807) is 0 Å². The van der Waals surface area contributed by atoms with Crippen LogP contribution in [-0.4, -0.2) is 35.5 Å².